The summed E-state index contributed by atoms with van der Waals surface area (Å²) in [6, 6.07) is 0. The number of rotatable bonds is 13. The van der Waals surface area contributed by atoms with Crippen molar-refractivity contribution >= 4 is 0 Å². The second-order valence-electron chi connectivity index (χ2n) is 6.21. The monoisotopic (exact) mass is 257 g/mol. The first-order valence-electron chi connectivity index (χ1n) is 7.82. The number of hydrogen-bond donors (Lipinski definition) is 1. The van der Waals surface area contributed by atoms with Crippen LogP contribution in [0.1, 0.15) is 72.1 Å². The van der Waals surface area contributed by atoms with Crippen molar-refractivity contribution < 1.29 is 4.74 Å². The summed E-state index contributed by atoms with van der Waals surface area (Å²) in [7, 11) is 1.76. The fourth-order valence-corrected chi connectivity index (χ4v) is 2.25. The largest absolute Gasteiger partial charge is 0.383 e. The second-order valence-corrected chi connectivity index (χ2v) is 6.21. The second kappa shape index (κ2) is 12.0. The Bertz CT molecular complexity index is 168. The van der Waals surface area contributed by atoms with Gasteiger partial charge in [0.05, 0.1) is 6.61 Å². The predicted molar refractivity (Wildman–Crippen MR) is 81.1 cm³/mol. The molecule has 2 nitrogen and oxygen atoms in total. The molecule has 0 saturated heterocycles. The standard InChI is InChI=1S/C16H35NO/c1-5-6-7-8-9-10-11-12-16(2,3)15-17-13-14-18-4/h17H,5-15H2,1-4H3. The molecule has 1 N–H and O–H groups in total. The van der Waals surface area contributed by atoms with Gasteiger partial charge >= 0.3 is 0 Å². The maximum Gasteiger partial charge on any atom is 0.0587 e. The van der Waals surface area contributed by atoms with Crippen LogP contribution in [0, 0.1) is 5.41 Å². The highest BCUT2D eigenvalue weighted by Crippen LogP contribution is 2.23. The van der Waals surface area contributed by atoms with Crippen LogP contribution in [0.4, 0.5) is 0 Å². The molecule has 18 heavy (non-hydrogen) atoms. The summed E-state index contributed by atoms with van der Waals surface area (Å²) in [5.74, 6) is 0. The van der Waals surface area contributed by atoms with Gasteiger partial charge in [0, 0.05) is 20.2 Å². The minimum Gasteiger partial charge on any atom is -0.383 e. The highest BCUT2D eigenvalue weighted by atomic mass is 16.5. The Morgan fingerprint density at radius 1 is 0.944 bits per heavy atom. The van der Waals surface area contributed by atoms with Crippen LogP contribution in [0.15, 0.2) is 0 Å². The normalized spacial score (nSPS) is 12.0. The summed E-state index contributed by atoms with van der Waals surface area (Å²) in [6.45, 7) is 9.89. The molecule has 110 valence electrons. The molecule has 0 unspecified atom stereocenters. The Morgan fingerprint density at radius 2 is 1.56 bits per heavy atom. The van der Waals surface area contributed by atoms with Crippen LogP contribution in [0.25, 0.3) is 0 Å². The molecule has 0 radical (unpaired) electrons. The van der Waals surface area contributed by atoms with Crippen molar-refractivity contribution in [1.82, 2.24) is 5.32 Å². The van der Waals surface area contributed by atoms with E-state index in [1.165, 1.54) is 51.4 Å². The molecule has 0 heterocycles. The molecular formula is C16H35NO. The quantitative estimate of drug-likeness (QED) is 0.494. The van der Waals surface area contributed by atoms with Crippen molar-refractivity contribution in [3.8, 4) is 0 Å². The van der Waals surface area contributed by atoms with Crippen molar-refractivity contribution in [2.24, 2.45) is 5.41 Å². The summed E-state index contributed by atoms with van der Waals surface area (Å²) >= 11 is 0. The van der Waals surface area contributed by atoms with Crippen LogP contribution in [0.5, 0.6) is 0 Å². The third kappa shape index (κ3) is 12.4. The first-order valence-corrected chi connectivity index (χ1v) is 7.82. The Kier molecular flexibility index (Phi) is 11.9. The fraction of sp³-hybridized carbons (Fsp3) is 1.00. The number of methoxy groups -OCH3 is 1. The SMILES string of the molecule is CCCCCCCCCC(C)(C)CNCCOC. The van der Waals surface area contributed by atoms with Gasteiger partial charge in [-0.15, -0.1) is 0 Å². The van der Waals surface area contributed by atoms with Crippen LogP contribution in [0.3, 0.4) is 0 Å². The molecule has 0 aromatic heterocycles. The van der Waals surface area contributed by atoms with E-state index in [0.717, 1.165) is 19.7 Å². The van der Waals surface area contributed by atoms with Gasteiger partial charge in [0.2, 0.25) is 0 Å². The molecule has 0 saturated carbocycles. The average Bonchev–Trinajstić information content (AvgIpc) is 2.34. The van der Waals surface area contributed by atoms with E-state index in [4.69, 9.17) is 4.74 Å². The molecule has 0 aliphatic heterocycles. The zero-order chi connectivity index (χ0) is 13.7. The van der Waals surface area contributed by atoms with Gasteiger partial charge in [-0.2, -0.15) is 0 Å². The summed E-state index contributed by atoms with van der Waals surface area (Å²) in [4.78, 5) is 0. The van der Waals surface area contributed by atoms with Crippen LogP contribution in [-0.2, 0) is 4.74 Å². The zero-order valence-corrected chi connectivity index (χ0v) is 13.2. The van der Waals surface area contributed by atoms with Gasteiger partial charge in [-0.1, -0.05) is 65.7 Å². The summed E-state index contributed by atoms with van der Waals surface area (Å²) in [5.41, 5.74) is 0.428. The predicted octanol–water partition coefficient (Wildman–Crippen LogP) is 4.39. The summed E-state index contributed by atoms with van der Waals surface area (Å²) < 4.78 is 5.04. The zero-order valence-electron chi connectivity index (χ0n) is 13.2. The molecule has 0 aromatic rings. The number of hydrogen-bond acceptors (Lipinski definition) is 2. The minimum absolute atomic E-state index is 0.428. The lowest BCUT2D eigenvalue weighted by atomic mass is 9.86. The highest BCUT2D eigenvalue weighted by molar-refractivity contribution is 4.71. The molecule has 0 aromatic carbocycles. The van der Waals surface area contributed by atoms with Crippen molar-refractivity contribution in [3.63, 3.8) is 0 Å². The molecule has 0 aliphatic rings. The molecule has 0 bridgehead atoms. The summed E-state index contributed by atoms with van der Waals surface area (Å²) in [5, 5.41) is 3.47. The van der Waals surface area contributed by atoms with Gasteiger partial charge < -0.3 is 10.1 Å². The van der Waals surface area contributed by atoms with Crippen LogP contribution < -0.4 is 5.32 Å². The van der Waals surface area contributed by atoms with Gasteiger partial charge in [-0.05, 0) is 11.8 Å². The van der Waals surface area contributed by atoms with E-state index in [9.17, 15) is 0 Å². The first-order chi connectivity index (χ1) is 8.62. The van der Waals surface area contributed by atoms with Crippen molar-refractivity contribution in [3.05, 3.63) is 0 Å². The van der Waals surface area contributed by atoms with E-state index in [1.807, 2.05) is 0 Å². The van der Waals surface area contributed by atoms with Gasteiger partial charge in [0.25, 0.3) is 0 Å². The average molecular weight is 257 g/mol. The Hall–Kier alpha value is -0.0800. The topological polar surface area (TPSA) is 21.3 Å². The Labute approximate surface area is 115 Å². The van der Waals surface area contributed by atoms with E-state index in [2.05, 4.69) is 26.1 Å². The van der Waals surface area contributed by atoms with Crippen LogP contribution in [0.2, 0.25) is 0 Å². The van der Waals surface area contributed by atoms with Crippen molar-refractivity contribution in [1.29, 1.82) is 0 Å². The van der Waals surface area contributed by atoms with E-state index in [1.54, 1.807) is 7.11 Å². The number of unbranched alkanes of at least 4 members (excludes halogenated alkanes) is 6. The van der Waals surface area contributed by atoms with Gasteiger partial charge in [0.15, 0.2) is 0 Å². The maximum atomic E-state index is 5.04. The molecule has 0 fully saturated rings. The van der Waals surface area contributed by atoms with E-state index in [0.29, 0.717) is 5.41 Å². The van der Waals surface area contributed by atoms with Gasteiger partial charge in [0.1, 0.15) is 0 Å². The van der Waals surface area contributed by atoms with Gasteiger partial charge in [-0.3, -0.25) is 0 Å². The molecule has 0 aliphatic carbocycles. The maximum absolute atomic E-state index is 5.04. The third-order valence-electron chi connectivity index (χ3n) is 3.54. The molecule has 0 spiro atoms. The minimum atomic E-state index is 0.428. The lowest BCUT2D eigenvalue weighted by Gasteiger charge is -2.25. The molecule has 2 heteroatoms. The molecular weight excluding hydrogens is 222 g/mol. The highest BCUT2D eigenvalue weighted by Gasteiger charge is 2.16. The van der Waals surface area contributed by atoms with E-state index < -0.39 is 0 Å². The lowest BCUT2D eigenvalue weighted by Crippen LogP contribution is -2.31. The first kappa shape index (κ1) is 17.9. The lowest BCUT2D eigenvalue weighted by molar-refractivity contribution is 0.192. The van der Waals surface area contributed by atoms with E-state index >= 15 is 0 Å². The number of nitrogens with one attached hydrogen (secondary N) is 1. The Balaban J connectivity index is 3.34. The summed E-state index contributed by atoms with van der Waals surface area (Å²) in [6.07, 6.45) is 11.2. The molecule has 0 atom stereocenters. The van der Waals surface area contributed by atoms with Gasteiger partial charge in [-0.25, -0.2) is 0 Å². The van der Waals surface area contributed by atoms with Crippen LogP contribution in [-0.4, -0.2) is 26.8 Å². The smallest absolute Gasteiger partial charge is 0.0587 e. The van der Waals surface area contributed by atoms with E-state index in [-0.39, 0.29) is 0 Å². The third-order valence-corrected chi connectivity index (χ3v) is 3.54. The molecule has 0 rings (SSSR count). The molecule has 0 amide bonds. The van der Waals surface area contributed by atoms with Crippen molar-refractivity contribution in [2.45, 2.75) is 72.1 Å². The van der Waals surface area contributed by atoms with Crippen LogP contribution >= 0.6 is 0 Å². The van der Waals surface area contributed by atoms with Crippen molar-refractivity contribution in [2.75, 3.05) is 26.8 Å². The number of ether oxygens (including phenoxy) is 1. The Morgan fingerprint density at radius 3 is 2.17 bits per heavy atom. The fourth-order valence-electron chi connectivity index (χ4n) is 2.25.